The van der Waals surface area contributed by atoms with Gasteiger partial charge < -0.3 is 15.2 Å². The fraction of sp³-hybridized carbons (Fsp3) is 0.227. The normalized spacial score (nSPS) is 15.8. The van der Waals surface area contributed by atoms with E-state index in [1.54, 1.807) is 24.4 Å². The standard InChI is InChI=1S/C22H21FN2O2/c23-18-8-4-15(5-9-18)17-6-10-19(25-12-17)13-24-14-20-11-7-16-2-1-3-21(26)22(16)27-20/h1-6,8-10,12,20,24,26H,7,11,13-14H2. The molecule has 1 unspecified atom stereocenters. The molecule has 5 heteroatoms. The van der Waals surface area contributed by atoms with Crippen molar-refractivity contribution in [2.75, 3.05) is 6.54 Å². The van der Waals surface area contributed by atoms with Gasteiger partial charge in [0.15, 0.2) is 11.5 Å². The summed E-state index contributed by atoms with van der Waals surface area (Å²) in [5.74, 6) is 0.570. The van der Waals surface area contributed by atoms with E-state index >= 15 is 0 Å². The molecule has 2 aromatic carbocycles. The van der Waals surface area contributed by atoms with Crippen LogP contribution in [0.5, 0.6) is 11.5 Å². The molecule has 0 amide bonds. The van der Waals surface area contributed by atoms with Crippen LogP contribution in [0.3, 0.4) is 0 Å². The van der Waals surface area contributed by atoms with Crippen LogP contribution < -0.4 is 10.1 Å². The van der Waals surface area contributed by atoms with E-state index in [0.29, 0.717) is 18.8 Å². The number of halogens is 1. The molecule has 0 bridgehead atoms. The number of hydrogen-bond donors (Lipinski definition) is 2. The summed E-state index contributed by atoms with van der Waals surface area (Å²) in [5.41, 5.74) is 3.89. The summed E-state index contributed by atoms with van der Waals surface area (Å²) >= 11 is 0. The van der Waals surface area contributed by atoms with E-state index in [1.165, 1.54) is 12.1 Å². The molecule has 138 valence electrons. The molecule has 1 aliphatic heterocycles. The lowest BCUT2D eigenvalue weighted by molar-refractivity contribution is 0.163. The second-order valence-corrected chi connectivity index (χ2v) is 6.72. The molecule has 0 radical (unpaired) electrons. The number of aromatic hydroxyl groups is 1. The maximum Gasteiger partial charge on any atom is 0.164 e. The highest BCUT2D eigenvalue weighted by atomic mass is 19.1. The minimum atomic E-state index is -0.242. The number of pyridine rings is 1. The Morgan fingerprint density at radius 3 is 2.67 bits per heavy atom. The van der Waals surface area contributed by atoms with Gasteiger partial charge in [0.1, 0.15) is 11.9 Å². The quantitative estimate of drug-likeness (QED) is 0.716. The fourth-order valence-electron chi connectivity index (χ4n) is 3.29. The molecule has 1 aromatic heterocycles. The first-order valence-electron chi connectivity index (χ1n) is 9.08. The van der Waals surface area contributed by atoms with Crippen molar-refractivity contribution >= 4 is 0 Å². The van der Waals surface area contributed by atoms with Crippen molar-refractivity contribution in [3.05, 3.63) is 77.9 Å². The first kappa shape index (κ1) is 17.5. The number of benzene rings is 2. The van der Waals surface area contributed by atoms with E-state index in [2.05, 4.69) is 10.3 Å². The lowest BCUT2D eigenvalue weighted by Crippen LogP contribution is -2.34. The third-order valence-electron chi connectivity index (χ3n) is 4.78. The number of phenols is 1. The average molecular weight is 364 g/mol. The summed E-state index contributed by atoms with van der Waals surface area (Å²) in [4.78, 5) is 4.47. The summed E-state index contributed by atoms with van der Waals surface area (Å²) in [5, 5.41) is 13.3. The van der Waals surface area contributed by atoms with Crippen molar-refractivity contribution in [1.29, 1.82) is 0 Å². The lowest BCUT2D eigenvalue weighted by Gasteiger charge is -2.26. The van der Waals surface area contributed by atoms with Crippen LogP contribution >= 0.6 is 0 Å². The van der Waals surface area contributed by atoms with Crippen LogP contribution in [-0.4, -0.2) is 22.7 Å². The molecule has 2 N–H and O–H groups in total. The number of para-hydroxylation sites is 1. The van der Waals surface area contributed by atoms with Crippen molar-refractivity contribution in [2.24, 2.45) is 0 Å². The summed E-state index contributed by atoms with van der Waals surface area (Å²) in [6, 6.07) is 15.8. The second-order valence-electron chi connectivity index (χ2n) is 6.72. The molecule has 27 heavy (non-hydrogen) atoms. The van der Waals surface area contributed by atoms with Crippen molar-refractivity contribution in [1.82, 2.24) is 10.3 Å². The van der Waals surface area contributed by atoms with Gasteiger partial charge in [-0.2, -0.15) is 0 Å². The monoisotopic (exact) mass is 364 g/mol. The highest BCUT2D eigenvalue weighted by molar-refractivity contribution is 5.62. The van der Waals surface area contributed by atoms with Gasteiger partial charge in [-0.1, -0.05) is 30.3 Å². The topological polar surface area (TPSA) is 54.4 Å². The minimum Gasteiger partial charge on any atom is -0.504 e. The Balaban J connectivity index is 1.31. The van der Waals surface area contributed by atoms with Crippen LogP contribution in [0.25, 0.3) is 11.1 Å². The molecule has 0 saturated carbocycles. The van der Waals surface area contributed by atoms with Gasteiger partial charge in [0.05, 0.1) is 5.69 Å². The number of phenolic OH excluding ortho intramolecular Hbond substituents is 1. The van der Waals surface area contributed by atoms with Crippen LogP contribution in [0.15, 0.2) is 60.8 Å². The molecule has 0 fully saturated rings. The SMILES string of the molecule is Oc1cccc2c1OC(CNCc1ccc(-c3ccc(F)cc3)cn1)CC2. The van der Waals surface area contributed by atoms with Gasteiger partial charge in [-0.05, 0) is 48.2 Å². The van der Waals surface area contributed by atoms with Gasteiger partial charge in [-0.25, -0.2) is 4.39 Å². The van der Waals surface area contributed by atoms with Gasteiger partial charge in [-0.15, -0.1) is 0 Å². The molecule has 1 aliphatic rings. The number of nitrogens with zero attached hydrogens (tertiary/aromatic N) is 1. The minimum absolute atomic E-state index is 0.0317. The highest BCUT2D eigenvalue weighted by Crippen LogP contribution is 2.35. The van der Waals surface area contributed by atoms with Crippen molar-refractivity contribution in [2.45, 2.75) is 25.5 Å². The third-order valence-corrected chi connectivity index (χ3v) is 4.78. The van der Waals surface area contributed by atoms with E-state index in [1.807, 2.05) is 24.3 Å². The van der Waals surface area contributed by atoms with Crippen molar-refractivity contribution in [3.63, 3.8) is 0 Å². The van der Waals surface area contributed by atoms with Crippen molar-refractivity contribution < 1.29 is 14.2 Å². The lowest BCUT2D eigenvalue weighted by atomic mass is 10.0. The van der Waals surface area contributed by atoms with Crippen LogP contribution in [0.1, 0.15) is 17.7 Å². The number of nitrogens with one attached hydrogen (secondary N) is 1. The first-order valence-corrected chi connectivity index (χ1v) is 9.08. The van der Waals surface area contributed by atoms with Gasteiger partial charge in [0.25, 0.3) is 0 Å². The predicted molar refractivity (Wildman–Crippen MR) is 102 cm³/mol. The summed E-state index contributed by atoms with van der Waals surface area (Å²) < 4.78 is 18.9. The van der Waals surface area contributed by atoms with Crippen LogP contribution in [-0.2, 0) is 13.0 Å². The van der Waals surface area contributed by atoms with Crippen LogP contribution in [0.4, 0.5) is 4.39 Å². The molecular formula is C22H21FN2O2. The number of fused-ring (bicyclic) bond motifs is 1. The summed E-state index contributed by atoms with van der Waals surface area (Å²) in [6.45, 7) is 1.33. The van der Waals surface area contributed by atoms with Crippen LogP contribution in [0, 0.1) is 5.82 Å². The molecule has 0 spiro atoms. The average Bonchev–Trinajstić information content (AvgIpc) is 2.70. The number of aryl methyl sites for hydroxylation is 1. The maximum absolute atomic E-state index is 13.0. The van der Waals surface area contributed by atoms with Gasteiger partial charge in [0, 0.05) is 24.8 Å². The van der Waals surface area contributed by atoms with Crippen LogP contribution in [0.2, 0.25) is 0 Å². The van der Waals surface area contributed by atoms with Crippen molar-refractivity contribution in [3.8, 4) is 22.6 Å². The number of ether oxygens (including phenoxy) is 1. The molecule has 3 aromatic rings. The zero-order chi connectivity index (χ0) is 18.6. The molecule has 2 heterocycles. The van der Waals surface area contributed by atoms with Gasteiger partial charge in [-0.3, -0.25) is 4.98 Å². The number of rotatable bonds is 5. The predicted octanol–water partition coefficient (Wildman–Crippen LogP) is 4.08. The first-order chi connectivity index (χ1) is 13.2. The van der Waals surface area contributed by atoms with E-state index < -0.39 is 0 Å². The molecule has 4 rings (SSSR count). The summed E-state index contributed by atoms with van der Waals surface area (Å²) in [7, 11) is 0. The number of aromatic nitrogens is 1. The Bertz CT molecular complexity index is 911. The van der Waals surface area contributed by atoms with E-state index in [9.17, 15) is 9.50 Å². The van der Waals surface area contributed by atoms with E-state index in [4.69, 9.17) is 4.74 Å². The maximum atomic E-state index is 13.0. The molecule has 1 atom stereocenters. The van der Waals surface area contributed by atoms with E-state index in [0.717, 1.165) is 35.2 Å². The Morgan fingerprint density at radius 1 is 1.07 bits per heavy atom. The molecular weight excluding hydrogens is 343 g/mol. The third kappa shape index (κ3) is 4.09. The molecule has 0 aliphatic carbocycles. The smallest absolute Gasteiger partial charge is 0.164 e. The Labute approximate surface area is 157 Å². The zero-order valence-electron chi connectivity index (χ0n) is 14.9. The largest absolute Gasteiger partial charge is 0.504 e. The molecule has 4 nitrogen and oxygen atoms in total. The number of hydrogen-bond acceptors (Lipinski definition) is 4. The summed E-state index contributed by atoms with van der Waals surface area (Å²) in [6.07, 6.45) is 3.65. The van der Waals surface area contributed by atoms with Gasteiger partial charge >= 0.3 is 0 Å². The Hall–Kier alpha value is -2.92. The Kier molecular flexibility index (Phi) is 5.03. The highest BCUT2D eigenvalue weighted by Gasteiger charge is 2.21. The zero-order valence-corrected chi connectivity index (χ0v) is 14.9. The molecule has 0 saturated heterocycles. The Morgan fingerprint density at radius 2 is 1.89 bits per heavy atom. The van der Waals surface area contributed by atoms with E-state index in [-0.39, 0.29) is 17.7 Å². The van der Waals surface area contributed by atoms with Gasteiger partial charge in [0.2, 0.25) is 0 Å². The second kappa shape index (κ2) is 7.76. The fourth-order valence-corrected chi connectivity index (χ4v) is 3.29.